The third-order valence-corrected chi connectivity index (χ3v) is 2.91. The molecule has 110 valence electrons. The van der Waals surface area contributed by atoms with Crippen LogP contribution >= 0.6 is 0 Å². The predicted molar refractivity (Wildman–Crippen MR) is 78.7 cm³/mol. The molecule has 0 aliphatic heterocycles. The van der Waals surface area contributed by atoms with Gasteiger partial charge in [-0.15, -0.1) is 4.48 Å². The molecule has 0 unspecified atom stereocenters. The number of benzene rings is 2. The number of halogens is 1. The molecule has 0 fully saturated rings. The average Bonchev–Trinajstić information content (AvgIpc) is 2.55. The van der Waals surface area contributed by atoms with Crippen LogP contribution in [0.5, 0.6) is 11.5 Å². The van der Waals surface area contributed by atoms with Crippen LogP contribution in [-0.2, 0) is 0 Å². The van der Waals surface area contributed by atoms with Crippen LogP contribution in [0, 0.1) is 0 Å². The Balaban J connectivity index is 2.32. The largest absolute Gasteiger partial charge is 0.494 e. The lowest BCUT2D eigenvalue weighted by molar-refractivity contribution is 0.102. The Morgan fingerprint density at radius 1 is 1.00 bits per heavy atom. The van der Waals surface area contributed by atoms with Gasteiger partial charge in [0.25, 0.3) is 5.91 Å². The molecule has 1 amide bonds. The first kappa shape index (κ1) is 14.6. The maximum Gasteiger partial charge on any atom is 0.255 e. The van der Waals surface area contributed by atoms with Crippen molar-refractivity contribution in [3.63, 3.8) is 0 Å². The monoisotopic (exact) mass is 290 g/mol. The number of ether oxygens (including phenoxy) is 2. The lowest BCUT2D eigenvalue weighted by Crippen LogP contribution is -2.12. The van der Waals surface area contributed by atoms with Gasteiger partial charge in [0.1, 0.15) is 17.2 Å². The zero-order valence-electron chi connectivity index (χ0n) is 11.6. The molecule has 2 N–H and O–H groups in total. The molecule has 2 aromatic rings. The van der Waals surface area contributed by atoms with E-state index in [-0.39, 0.29) is 17.3 Å². The number of rotatable bonds is 5. The molecule has 0 spiro atoms. The Kier molecular flexibility index (Phi) is 4.61. The lowest BCUT2D eigenvalue weighted by Gasteiger charge is -2.14. The number of amides is 1. The van der Waals surface area contributed by atoms with Crippen LogP contribution in [0.3, 0.4) is 0 Å². The van der Waals surface area contributed by atoms with Crippen LogP contribution in [0.15, 0.2) is 42.5 Å². The Morgan fingerprint density at radius 2 is 1.57 bits per heavy atom. The lowest BCUT2D eigenvalue weighted by atomic mass is 10.2. The van der Waals surface area contributed by atoms with E-state index in [1.165, 1.54) is 31.9 Å². The zero-order chi connectivity index (χ0) is 15.2. The van der Waals surface area contributed by atoms with E-state index in [0.717, 1.165) is 0 Å². The summed E-state index contributed by atoms with van der Waals surface area (Å²) in [5, 5.41) is 2.71. The molecule has 0 saturated carbocycles. The minimum absolute atomic E-state index is 0.118. The van der Waals surface area contributed by atoms with Gasteiger partial charge in [-0.1, -0.05) is 18.2 Å². The third-order valence-electron chi connectivity index (χ3n) is 2.91. The van der Waals surface area contributed by atoms with E-state index >= 15 is 0 Å². The summed E-state index contributed by atoms with van der Waals surface area (Å²) in [6.45, 7) is 0. The van der Waals surface area contributed by atoms with E-state index in [4.69, 9.17) is 9.47 Å². The molecule has 5 nitrogen and oxygen atoms in total. The van der Waals surface area contributed by atoms with Crippen molar-refractivity contribution in [1.82, 2.24) is 0 Å². The van der Waals surface area contributed by atoms with Gasteiger partial charge in [0.05, 0.1) is 19.9 Å². The molecule has 6 heteroatoms. The topological polar surface area (TPSA) is 59.6 Å². The summed E-state index contributed by atoms with van der Waals surface area (Å²) in [5.41, 5.74) is 2.53. The second-order valence-electron chi connectivity index (χ2n) is 4.17. The third kappa shape index (κ3) is 3.22. The van der Waals surface area contributed by atoms with Crippen LogP contribution in [0.2, 0.25) is 0 Å². The fourth-order valence-electron chi connectivity index (χ4n) is 1.85. The maximum absolute atomic E-state index is 12.7. The molecule has 0 atom stereocenters. The van der Waals surface area contributed by atoms with Crippen LogP contribution in [-0.4, -0.2) is 20.1 Å². The fourth-order valence-corrected chi connectivity index (χ4v) is 1.85. The molecule has 0 radical (unpaired) electrons. The summed E-state index contributed by atoms with van der Waals surface area (Å²) in [7, 11) is 2.84. The summed E-state index contributed by atoms with van der Waals surface area (Å²) < 4.78 is 22.9. The Labute approximate surface area is 121 Å². The molecule has 0 aliphatic carbocycles. The molecular formula is C15H15FN2O3. The molecule has 0 bridgehead atoms. The number of hydrogen-bond donors (Lipinski definition) is 2. The first-order valence-electron chi connectivity index (χ1n) is 6.18. The average molecular weight is 290 g/mol. The van der Waals surface area contributed by atoms with Crippen molar-refractivity contribution in [2.45, 2.75) is 0 Å². The highest BCUT2D eigenvalue weighted by Crippen LogP contribution is 2.36. The molecule has 2 aromatic carbocycles. The molecule has 21 heavy (non-hydrogen) atoms. The van der Waals surface area contributed by atoms with Crippen LogP contribution in [0.25, 0.3) is 0 Å². The van der Waals surface area contributed by atoms with Crippen molar-refractivity contribution < 1.29 is 18.7 Å². The van der Waals surface area contributed by atoms with Crippen LogP contribution < -0.4 is 20.3 Å². The van der Waals surface area contributed by atoms with Gasteiger partial charge in [-0.3, -0.25) is 4.79 Å². The van der Waals surface area contributed by atoms with Gasteiger partial charge in [-0.05, 0) is 12.1 Å². The standard InChI is InChI=1S/C15H15FN2O3/c1-20-13-9-12(18-16)14(21-2)8-11(13)17-15(19)10-6-4-3-5-7-10/h3-9,18H,1-2H3,(H,17,19). The molecule has 0 aromatic heterocycles. The van der Waals surface area contributed by atoms with Crippen molar-refractivity contribution in [2.24, 2.45) is 0 Å². The first-order valence-corrected chi connectivity index (χ1v) is 6.18. The van der Waals surface area contributed by atoms with E-state index in [9.17, 15) is 9.28 Å². The minimum Gasteiger partial charge on any atom is -0.494 e. The second-order valence-corrected chi connectivity index (χ2v) is 4.17. The van der Waals surface area contributed by atoms with Crippen molar-refractivity contribution >= 4 is 17.3 Å². The molecule has 0 saturated heterocycles. The first-order chi connectivity index (χ1) is 10.2. The number of carbonyl (C=O) groups is 1. The van der Waals surface area contributed by atoms with E-state index in [1.807, 2.05) is 6.07 Å². The summed E-state index contributed by atoms with van der Waals surface area (Å²) in [4.78, 5) is 12.1. The van der Waals surface area contributed by atoms with Gasteiger partial charge in [-0.25, -0.2) is 5.54 Å². The summed E-state index contributed by atoms with van der Waals surface area (Å²) in [6.07, 6.45) is 0. The van der Waals surface area contributed by atoms with Crippen molar-refractivity contribution in [3.8, 4) is 11.5 Å². The van der Waals surface area contributed by atoms with Gasteiger partial charge >= 0.3 is 0 Å². The maximum atomic E-state index is 12.7. The smallest absolute Gasteiger partial charge is 0.255 e. The second kappa shape index (κ2) is 6.60. The van der Waals surface area contributed by atoms with E-state index in [2.05, 4.69) is 5.32 Å². The van der Waals surface area contributed by atoms with Crippen molar-refractivity contribution in [1.29, 1.82) is 0 Å². The SMILES string of the molecule is COc1cc(NC(=O)c2ccccc2)c(OC)cc1NF. The van der Waals surface area contributed by atoms with Gasteiger partial charge < -0.3 is 14.8 Å². The van der Waals surface area contributed by atoms with Gasteiger partial charge in [0.15, 0.2) is 0 Å². The summed E-state index contributed by atoms with van der Waals surface area (Å²) in [6, 6.07) is 11.6. The number of methoxy groups -OCH3 is 2. The van der Waals surface area contributed by atoms with E-state index < -0.39 is 0 Å². The van der Waals surface area contributed by atoms with Crippen LogP contribution in [0.1, 0.15) is 10.4 Å². The normalized spacial score (nSPS) is 9.86. The number of nitrogens with one attached hydrogen (secondary N) is 2. The number of hydrogen-bond acceptors (Lipinski definition) is 4. The fraction of sp³-hybridized carbons (Fsp3) is 0.133. The summed E-state index contributed by atoms with van der Waals surface area (Å²) in [5.74, 6) is 0.277. The predicted octanol–water partition coefficient (Wildman–Crippen LogP) is 3.25. The molecule has 2 rings (SSSR count). The number of anilines is 2. The zero-order valence-corrected chi connectivity index (χ0v) is 11.6. The molecule has 0 aliphatic rings. The van der Waals surface area contributed by atoms with E-state index in [1.54, 1.807) is 24.3 Å². The van der Waals surface area contributed by atoms with E-state index in [0.29, 0.717) is 17.0 Å². The minimum atomic E-state index is -0.295. The highest BCUT2D eigenvalue weighted by molar-refractivity contribution is 6.05. The summed E-state index contributed by atoms with van der Waals surface area (Å²) >= 11 is 0. The van der Waals surface area contributed by atoms with Gasteiger partial charge in [0, 0.05) is 17.7 Å². The number of carbonyl (C=O) groups excluding carboxylic acids is 1. The molecule has 0 heterocycles. The highest BCUT2D eigenvalue weighted by atomic mass is 19.2. The van der Waals surface area contributed by atoms with Crippen LogP contribution in [0.4, 0.5) is 15.9 Å². The molecular weight excluding hydrogens is 275 g/mol. The Morgan fingerprint density at radius 3 is 2.14 bits per heavy atom. The quantitative estimate of drug-likeness (QED) is 0.830. The Bertz CT molecular complexity index is 632. The Hall–Kier alpha value is -2.76. The van der Waals surface area contributed by atoms with Gasteiger partial charge in [0.2, 0.25) is 0 Å². The highest BCUT2D eigenvalue weighted by Gasteiger charge is 2.14. The van der Waals surface area contributed by atoms with Crippen molar-refractivity contribution in [3.05, 3.63) is 48.0 Å². The van der Waals surface area contributed by atoms with Gasteiger partial charge in [-0.2, -0.15) is 0 Å². The van der Waals surface area contributed by atoms with Crippen molar-refractivity contribution in [2.75, 3.05) is 25.1 Å².